The van der Waals surface area contributed by atoms with Crippen LogP contribution < -0.4 is 5.32 Å². The summed E-state index contributed by atoms with van der Waals surface area (Å²) in [4.78, 5) is 11.6. The van der Waals surface area contributed by atoms with Crippen LogP contribution in [0.15, 0.2) is 17.2 Å². The second-order valence-corrected chi connectivity index (χ2v) is 8.15. The minimum Gasteiger partial charge on any atom is -0.514 e. The molecule has 0 aromatic rings. The van der Waals surface area contributed by atoms with Crippen molar-refractivity contribution in [1.82, 2.24) is 5.32 Å². The number of hydrogen-bond acceptors (Lipinski definition) is 1. The van der Waals surface area contributed by atoms with Gasteiger partial charge in [-0.1, -0.05) is 32.8 Å². The first-order valence-corrected chi connectivity index (χ1v) is 9.02. The molecular formula is C20H30NOY-. The zero-order chi connectivity index (χ0) is 15.9. The Balaban J connectivity index is 0.00000192. The van der Waals surface area contributed by atoms with E-state index in [1.807, 2.05) is 6.92 Å². The second-order valence-electron chi connectivity index (χ2n) is 8.15. The summed E-state index contributed by atoms with van der Waals surface area (Å²) in [5.74, 6) is 2.27. The third-order valence-electron chi connectivity index (χ3n) is 6.78. The van der Waals surface area contributed by atoms with E-state index in [2.05, 4.69) is 25.2 Å². The summed E-state index contributed by atoms with van der Waals surface area (Å²) >= 11 is 0. The van der Waals surface area contributed by atoms with Gasteiger partial charge in [0.05, 0.1) is 0 Å². The molecule has 3 heteroatoms. The first-order chi connectivity index (χ1) is 10.4. The van der Waals surface area contributed by atoms with Gasteiger partial charge >= 0.3 is 0 Å². The minimum atomic E-state index is 0. The van der Waals surface area contributed by atoms with Crippen molar-refractivity contribution in [1.29, 1.82) is 0 Å². The molecule has 3 rings (SSSR count). The topological polar surface area (TPSA) is 29.1 Å². The van der Waals surface area contributed by atoms with E-state index in [-0.39, 0.29) is 44.7 Å². The molecule has 2 saturated carbocycles. The van der Waals surface area contributed by atoms with Crippen molar-refractivity contribution in [3.63, 3.8) is 0 Å². The molecule has 0 bridgehead atoms. The van der Waals surface area contributed by atoms with Gasteiger partial charge in [-0.3, -0.25) is 10.4 Å². The fraction of sp³-hybridized carbons (Fsp3) is 0.750. The third kappa shape index (κ3) is 3.69. The van der Waals surface area contributed by atoms with Crippen LogP contribution in [0.5, 0.6) is 0 Å². The molecule has 3 aliphatic rings. The van der Waals surface area contributed by atoms with E-state index >= 15 is 0 Å². The average Bonchev–Trinajstić information content (AvgIpc) is 2.97. The van der Waals surface area contributed by atoms with Gasteiger partial charge in [0.2, 0.25) is 5.91 Å². The van der Waals surface area contributed by atoms with Crippen molar-refractivity contribution in [3.05, 3.63) is 23.8 Å². The molecule has 0 spiro atoms. The van der Waals surface area contributed by atoms with E-state index in [4.69, 9.17) is 6.58 Å². The summed E-state index contributed by atoms with van der Waals surface area (Å²) < 4.78 is 0. The number of rotatable bonds is 4. The maximum absolute atomic E-state index is 11.6. The van der Waals surface area contributed by atoms with Crippen LogP contribution in [0.2, 0.25) is 0 Å². The van der Waals surface area contributed by atoms with E-state index in [0.717, 1.165) is 24.3 Å². The zero-order valence-electron chi connectivity index (χ0n) is 14.9. The van der Waals surface area contributed by atoms with Gasteiger partial charge < -0.3 is 11.9 Å². The molecule has 2 fully saturated rings. The summed E-state index contributed by atoms with van der Waals surface area (Å²) in [5.41, 5.74) is 2.57. The molecule has 0 aromatic carbocycles. The van der Waals surface area contributed by atoms with Crippen molar-refractivity contribution in [2.24, 2.45) is 23.2 Å². The molecule has 3 unspecified atom stereocenters. The van der Waals surface area contributed by atoms with E-state index < -0.39 is 0 Å². The Morgan fingerprint density at radius 1 is 1.43 bits per heavy atom. The molecular weight excluding hydrogens is 359 g/mol. The Bertz CT molecular complexity index is 512. The summed E-state index contributed by atoms with van der Waals surface area (Å²) in [7, 11) is 0. The first kappa shape index (κ1) is 19.4. The Morgan fingerprint density at radius 3 is 2.83 bits per heavy atom. The Morgan fingerprint density at radius 2 is 2.17 bits per heavy atom. The summed E-state index contributed by atoms with van der Waals surface area (Å²) in [5, 5.41) is 3.07. The molecule has 1 aliphatic heterocycles. The van der Waals surface area contributed by atoms with Crippen LogP contribution in [0, 0.1) is 29.7 Å². The monoisotopic (exact) mass is 389 g/mol. The number of allylic oxidation sites excluding steroid dienone is 1. The van der Waals surface area contributed by atoms with Gasteiger partial charge in [-0.05, 0) is 62.2 Å². The zero-order valence-corrected chi connectivity index (χ0v) is 17.7. The van der Waals surface area contributed by atoms with Crippen LogP contribution in [-0.4, -0.2) is 11.9 Å². The molecule has 1 amide bonds. The van der Waals surface area contributed by atoms with Crippen molar-refractivity contribution < 1.29 is 37.5 Å². The van der Waals surface area contributed by atoms with Gasteiger partial charge in [0.25, 0.3) is 0 Å². The molecule has 1 radical (unpaired) electrons. The van der Waals surface area contributed by atoms with E-state index in [1.165, 1.54) is 37.7 Å². The van der Waals surface area contributed by atoms with E-state index in [0.29, 0.717) is 17.3 Å². The molecule has 1 N–H and O–H groups in total. The molecule has 5 atom stereocenters. The molecule has 2 aliphatic carbocycles. The predicted octanol–water partition coefficient (Wildman–Crippen LogP) is 4.42. The minimum absolute atomic E-state index is 0. The molecule has 0 saturated heterocycles. The fourth-order valence-corrected chi connectivity index (χ4v) is 5.52. The van der Waals surface area contributed by atoms with Gasteiger partial charge in [0.15, 0.2) is 0 Å². The number of hydrogen-bond donors (Lipinski definition) is 1. The number of carbonyl (C=O) groups excluding carboxylic acids is 1. The fourth-order valence-electron chi connectivity index (χ4n) is 5.52. The second kappa shape index (κ2) is 7.52. The van der Waals surface area contributed by atoms with Crippen molar-refractivity contribution >= 4 is 5.91 Å². The van der Waals surface area contributed by atoms with Crippen LogP contribution in [0.1, 0.15) is 65.7 Å². The summed E-state index contributed by atoms with van der Waals surface area (Å²) in [6.07, 6.45) is 10.7. The van der Waals surface area contributed by atoms with Gasteiger partial charge in [0.1, 0.15) is 0 Å². The van der Waals surface area contributed by atoms with Crippen LogP contribution >= 0.6 is 0 Å². The third-order valence-corrected chi connectivity index (χ3v) is 6.78. The first-order valence-electron chi connectivity index (χ1n) is 9.02. The maximum Gasteiger partial charge on any atom is 0.247 e. The van der Waals surface area contributed by atoms with Crippen molar-refractivity contribution in [2.45, 2.75) is 71.8 Å². The van der Waals surface area contributed by atoms with Gasteiger partial charge in [-0.2, -0.15) is 0 Å². The van der Waals surface area contributed by atoms with Crippen LogP contribution in [-0.2, 0) is 37.5 Å². The van der Waals surface area contributed by atoms with Gasteiger partial charge in [-0.25, -0.2) is 0 Å². The molecule has 23 heavy (non-hydrogen) atoms. The average molecular weight is 389 g/mol. The number of carbonyl (C=O) groups is 1. The van der Waals surface area contributed by atoms with Crippen LogP contribution in [0.4, 0.5) is 0 Å². The molecule has 0 aromatic heterocycles. The SMILES string of the molecule is [CH-]=C1CCC[C@@]2(C)C1CC[C@@H]2C(C)CCC1C=C(C)C(=O)N1.[Y]. The van der Waals surface area contributed by atoms with Crippen LogP contribution in [0.3, 0.4) is 0 Å². The maximum atomic E-state index is 11.6. The summed E-state index contributed by atoms with van der Waals surface area (Å²) in [6.45, 7) is 13.1. The normalized spacial score (nSPS) is 37.7. The van der Waals surface area contributed by atoms with E-state index in [1.54, 1.807) is 0 Å². The standard InChI is InChI=1S/C20H30NO.Y/c1-13-6-5-11-20(4)17(13)9-10-18(20)14(2)7-8-16-12-15(3)19(22)21-16;/h1,12,14,16-18H,5-11H2,2-4H3,(H,21,22);/q-1;/t14?,16?,17?,18-,20+;/m1./s1. The van der Waals surface area contributed by atoms with Crippen LogP contribution in [0.25, 0.3) is 0 Å². The van der Waals surface area contributed by atoms with Gasteiger partial charge in [-0.15, -0.1) is 0 Å². The number of fused-ring (bicyclic) bond motifs is 1. The molecule has 2 nitrogen and oxygen atoms in total. The van der Waals surface area contributed by atoms with E-state index in [9.17, 15) is 4.79 Å². The number of amides is 1. The largest absolute Gasteiger partial charge is 0.514 e. The molecule has 1 heterocycles. The number of nitrogens with one attached hydrogen (secondary N) is 1. The quantitative estimate of drug-likeness (QED) is 0.709. The Hall–Kier alpha value is 0.0539. The van der Waals surface area contributed by atoms with Gasteiger partial charge in [0, 0.05) is 44.3 Å². The van der Waals surface area contributed by atoms with Crippen molar-refractivity contribution in [3.8, 4) is 0 Å². The summed E-state index contributed by atoms with van der Waals surface area (Å²) in [6, 6.07) is 0.253. The predicted molar refractivity (Wildman–Crippen MR) is 90.1 cm³/mol. The Labute approximate surface area is 166 Å². The molecule has 125 valence electrons. The van der Waals surface area contributed by atoms with Crippen molar-refractivity contribution in [2.75, 3.05) is 0 Å². The smallest absolute Gasteiger partial charge is 0.247 e. The Kier molecular flexibility index (Phi) is 6.34.